The van der Waals surface area contributed by atoms with Gasteiger partial charge in [-0.3, -0.25) is 28.9 Å². The van der Waals surface area contributed by atoms with E-state index in [1.807, 2.05) is 0 Å². The minimum atomic E-state index is -2.92. The summed E-state index contributed by atoms with van der Waals surface area (Å²) in [7, 11) is 0. The molecule has 0 aromatic carbocycles. The van der Waals surface area contributed by atoms with E-state index < -0.39 is 107 Å². The smallest absolute Gasteiger partial charge is 0.372 e. The van der Waals surface area contributed by atoms with Gasteiger partial charge in [0.05, 0.1) is 12.0 Å². The maximum Gasteiger partial charge on any atom is 0.372 e. The molecule has 6 rings (SSSR count). The number of hydrogen-bond donors (Lipinski definition) is 6. The zero-order valence-electron chi connectivity index (χ0n) is 22.7. The Hall–Kier alpha value is -5.90. The SMILES string of the molecule is Nc1nc(/C(=N/OC2(C(=O)O)CC2)C(=O)N[C@H]2CON(C3(C(=O)O)C[C@H](N4C(=O)c5cc(O)c(O)nc5C4=O)C(=O)O3)C2=O)cs1. The van der Waals surface area contributed by atoms with Crippen molar-refractivity contribution in [3.05, 3.63) is 28.4 Å². The first-order valence-corrected chi connectivity index (χ1v) is 13.8. The van der Waals surface area contributed by atoms with Crippen molar-refractivity contribution in [2.75, 3.05) is 12.3 Å². The number of carbonyl (C=O) groups excluding carboxylic acids is 5. The van der Waals surface area contributed by atoms with Crippen LogP contribution in [0.25, 0.3) is 0 Å². The number of aliphatic carboxylic acids is 2. The Kier molecular flexibility index (Phi) is 6.77. The van der Waals surface area contributed by atoms with Gasteiger partial charge in [-0.25, -0.2) is 24.4 Å². The number of ether oxygens (including phenoxy) is 1. The van der Waals surface area contributed by atoms with Crippen molar-refractivity contribution in [3.8, 4) is 11.6 Å². The summed E-state index contributed by atoms with van der Waals surface area (Å²) >= 11 is 0.917. The molecule has 3 fully saturated rings. The van der Waals surface area contributed by atoms with Gasteiger partial charge >= 0.3 is 23.6 Å². The second-order valence-corrected chi connectivity index (χ2v) is 11.2. The van der Waals surface area contributed by atoms with Crippen molar-refractivity contribution in [1.29, 1.82) is 0 Å². The highest BCUT2D eigenvalue weighted by Gasteiger charge is 2.65. The third-order valence-corrected chi connectivity index (χ3v) is 8.07. The predicted octanol–water partition coefficient (Wildman–Crippen LogP) is -2.48. The summed E-state index contributed by atoms with van der Waals surface area (Å²) in [5, 5.41) is 46.2. The average molecular weight is 662 g/mol. The number of anilines is 1. The van der Waals surface area contributed by atoms with E-state index in [4.69, 9.17) is 20.1 Å². The molecule has 0 radical (unpaired) electrons. The summed E-state index contributed by atoms with van der Waals surface area (Å²) in [6.07, 6.45) is -0.793. The first-order chi connectivity index (χ1) is 21.7. The lowest BCUT2D eigenvalue weighted by atomic mass is 10.0. The number of hydroxylamine groups is 2. The largest absolute Gasteiger partial charge is 0.503 e. The zero-order valence-corrected chi connectivity index (χ0v) is 23.5. The zero-order chi connectivity index (χ0) is 33.3. The minimum Gasteiger partial charge on any atom is -0.503 e. The van der Waals surface area contributed by atoms with E-state index in [1.54, 1.807) is 0 Å². The number of rotatable bonds is 9. The van der Waals surface area contributed by atoms with Crippen molar-refractivity contribution in [1.82, 2.24) is 25.2 Å². The van der Waals surface area contributed by atoms with Crippen LogP contribution in [0.2, 0.25) is 0 Å². The third kappa shape index (κ3) is 4.57. The van der Waals surface area contributed by atoms with Gasteiger partial charge in [0.25, 0.3) is 29.5 Å². The molecule has 3 atom stereocenters. The maximum atomic E-state index is 13.4. The second-order valence-electron chi connectivity index (χ2n) is 10.3. The monoisotopic (exact) mass is 661 g/mol. The molecule has 0 bridgehead atoms. The Labute approximate surface area is 257 Å². The molecule has 3 aliphatic heterocycles. The van der Waals surface area contributed by atoms with Crippen molar-refractivity contribution < 1.29 is 68.4 Å². The van der Waals surface area contributed by atoms with Crippen LogP contribution in [0, 0.1) is 0 Å². The highest BCUT2D eigenvalue weighted by molar-refractivity contribution is 7.13. The van der Waals surface area contributed by atoms with Crippen LogP contribution in [0.3, 0.4) is 0 Å². The first kappa shape index (κ1) is 30.1. The Balaban J connectivity index is 1.22. The molecule has 22 heteroatoms. The second kappa shape index (κ2) is 10.3. The summed E-state index contributed by atoms with van der Waals surface area (Å²) in [5.41, 5.74) is -0.749. The number of hydrogen-bond acceptors (Lipinski definition) is 17. The molecule has 1 saturated carbocycles. The molecule has 2 saturated heterocycles. The fraction of sp³-hybridized carbons (Fsp3) is 0.333. The molecule has 4 amide bonds. The number of nitrogens with zero attached hydrogens (tertiary/aromatic N) is 5. The van der Waals surface area contributed by atoms with Gasteiger partial charge in [0.2, 0.25) is 5.60 Å². The predicted molar refractivity (Wildman–Crippen MR) is 141 cm³/mol. The van der Waals surface area contributed by atoms with Crippen LogP contribution < -0.4 is 11.1 Å². The summed E-state index contributed by atoms with van der Waals surface area (Å²) in [5.74, 6) is -11.2. The number of fused-ring (bicyclic) bond motifs is 1. The molecule has 240 valence electrons. The molecular formula is C24H19N7O14S. The number of amides is 4. The number of aromatic nitrogens is 2. The normalized spacial score (nSPS) is 25.0. The molecule has 46 heavy (non-hydrogen) atoms. The van der Waals surface area contributed by atoms with Gasteiger partial charge < -0.3 is 41.1 Å². The number of oxime groups is 1. The quantitative estimate of drug-likeness (QED) is 0.0701. The van der Waals surface area contributed by atoms with Gasteiger partial charge in [-0.05, 0) is 0 Å². The third-order valence-electron chi connectivity index (χ3n) is 7.40. The summed E-state index contributed by atoms with van der Waals surface area (Å²) < 4.78 is 5.05. The van der Waals surface area contributed by atoms with Crippen molar-refractivity contribution in [2.45, 2.75) is 42.7 Å². The molecule has 5 heterocycles. The van der Waals surface area contributed by atoms with E-state index in [0.29, 0.717) is 4.90 Å². The number of nitrogens with one attached hydrogen (secondary N) is 1. The Bertz CT molecular complexity index is 1760. The number of carboxylic acid groups (broad SMARTS) is 2. The molecular weight excluding hydrogens is 642 g/mol. The van der Waals surface area contributed by atoms with E-state index >= 15 is 0 Å². The van der Waals surface area contributed by atoms with Crippen LogP contribution in [-0.2, 0) is 38.4 Å². The van der Waals surface area contributed by atoms with Gasteiger partial charge in [-0.2, -0.15) is 5.06 Å². The summed E-state index contributed by atoms with van der Waals surface area (Å²) in [6.45, 7) is -0.691. The number of nitrogen functional groups attached to an aromatic ring is 1. The number of nitrogens with two attached hydrogens (primary N) is 1. The maximum absolute atomic E-state index is 13.4. The molecule has 2 aromatic rings. The lowest BCUT2D eigenvalue weighted by Crippen LogP contribution is -2.57. The van der Waals surface area contributed by atoms with E-state index in [2.05, 4.69) is 20.4 Å². The van der Waals surface area contributed by atoms with Crippen molar-refractivity contribution >= 4 is 63.7 Å². The molecule has 4 aliphatic rings. The van der Waals surface area contributed by atoms with Gasteiger partial charge in [-0.1, -0.05) is 5.16 Å². The van der Waals surface area contributed by atoms with Crippen LogP contribution in [0.15, 0.2) is 16.6 Å². The number of cyclic esters (lactones) is 1. The van der Waals surface area contributed by atoms with Crippen LogP contribution in [-0.4, -0.2) is 118 Å². The first-order valence-electron chi connectivity index (χ1n) is 12.9. The number of carbonyl (C=O) groups is 7. The Morgan fingerprint density at radius 1 is 1.11 bits per heavy atom. The Morgan fingerprint density at radius 2 is 1.83 bits per heavy atom. The summed E-state index contributed by atoms with van der Waals surface area (Å²) in [6, 6.07) is -2.81. The topological polar surface area (TPSA) is 311 Å². The highest BCUT2D eigenvalue weighted by atomic mass is 32.1. The minimum absolute atomic E-state index is 0.0183. The molecule has 2 aromatic heterocycles. The average Bonchev–Trinajstić information content (AvgIpc) is 3.21. The fourth-order valence-corrected chi connectivity index (χ4v) is 5.38. The van der Waals surface area contributed by atoms with Crippen LogP contribution in [0.1, 0.15) is 45.8 Å². The fourth-order valence-electron chi connectivity index (χ4n) is 4.83. The molecule has 0 spiro atoms. The van der Waals surface area contributed by atoms with Crippen LogP contribution >= 0.6 is 11.3 Å². The molecule has 1 unspecified atom stereocenters. The van der Waals surface area contributed by atoms with E-state index in [-0.39, 0.29) is 28.7 Å². The summed E-state index contributed by atoms with van der Waals surface area (Å²) in [4.78, 5) is 107. The number of esters is 1. The number of thiazole rings is 1. The number of carboxylic acids is 2. The number of imide groups is 1. The van der Waals surface area contributed by atoms with Crippen molar-refractivity contribution in [3.63, 3.8) is 0 Å². The van der Waals surface area contributed by atoms with Crippen LogP contribution in [0.5, 0.6) is 11.6 Å². The lowest BCUT2D eigenvalue weighted by Gasteiger charge is -2.30. The van der Waals surface area contributed by atoms with Crippen molar-refractivity contribution in [2.24, 2.45) is 5.16 Å². The van der Waals surface area contributed by atoms with Gasteiger partial charge in [-0.15, -0.1) is 11.3 Å². The lowest BCUT2D eigenvalue weighted by molar-refractivity contribution is -0.256. The van der Waals surface area contributed by atoms with Crippen LogP contribution in [0.4, 0.5) is 5.13 Å². The molecule has 21 nitrogen and oxygen atoms in total. The standard InChI is InChI=1S/C24H19N7O14S/c25-22-27-9(6-46-22)13(29-45-23(1-2-23)20(39)40)15(34)26-8-5-43-31(17(8)36)24(21(41)42)4-10(19(38)44-24)30-16(35)7-3-11(32)14(33)28-12(7)18(30)37/h3,6,8,10,32H,1-2,4-5H2,(H2,25,27)(H,26,34)(H,28,33)(H,39,40)(H,41,42)/b29-13-/t8-,10-,24?/m0/s1. The van der Waals surface area contributed by atoms with Gasteiger partial charge in [0.1, 0.15) is 30.1 Å². The number of aromatic hydroxyl groups is 2. The van der Waals surface area contributed by atoms with Gasteiger partial charge in [0.15, 0.2) is 16.6 Å². The Morgan fingerprint density at radius 3 is 2.43 bits per heavy atom. The van der Waals surface area contributed by atoms with Gasteiger partial charge in [0, 0.05) is 24.3 Å². The molecule has 7 N–H and O–H groups in total. The molecule has 1 aliphatic carbocycles. The van der Waals surface area contributed by atoms with E-state index in [0.717, 1.165) is 17.4 Å². The number of pyridine rings is 1. The van der Waals surface area contributed by atoms with E-state index in [9.17, 15) is 54.0 Å². The van der Waals surface area contributed by atoms with E-state index in [1.165, 1.54) is 5.38 Å². The highest BCUT2D eigenvalue weighted by Crippen LogP contribution is 2.41.